The number of carbonyl (C=O) groups is 2. The first-order valence-corrected chi connectivity index (χ1v) is 11.3. The summed E-state index contributed by atoms with van der Waals surface area (Å²) in [5, 5.41) is 0.0641. The van der Waals surface area contributed by atoms with Gasteiger partial charge in [-0.25, -0.2) is 4.79 Å². The van der Waals surface area contributed by atoms with Gasteiger partial charge in [-0.1, -0.05) is 20.8 Å². The van der Waals surface area contributed by atoms with Gasteiger partial charge < -0.3 is 14.0 Å². The van der Waals surface area contributed by atoms with E-state index in [0.717, 1.165) is 19.1 Å². The molecule has 5 nitrogen and oxygen atoms in total. The number of nitrogens with zero attached hydrogens (tertiary/aromatic N) is 1. The van der Waals surface area contributed by atoms with Crippen LogP contribution in [0.3, 0.4) is 0 Å². The number of likely N-dealkylation sites (tertiary alicyclic amines) is 1. The van der Waals surface area contributed by atoms with Crippen molar-refractivity contribution >= 4 is 20.7 Å². The fourth-order valence-electron chi connectivity index (χ4n) is 2.36. The molecule has 0 aliphatic carbocycles. The van der Waals surface area contributed by atoms with E-state index in [4.69, 9.17) is 9.16 Å². The molecule has 0 aromatic heterocycles. The lowest BCUT2D eigenvalue weighted by Gasteiger charge is -2.45. The van der Waals surface area contributed by atoms with Crippen LogP contribution in [0.15, 0.2) is 0 Å². The molecule has 0 bridgehead atoms. The van der Waals surface area contributed by atoms with E-state index in [-0.39, 0.29) is 11.1 Å². The van der Waals surface area contributed by atoms with Crippen LogP contribution in [0.1, 0.15) is 54.4 Å². The highest BCUT2D eigenvalue weighted by Gasteiger charge is 2.44. The Balaban J connectivity index is 2.91. The van der Waals surface area contributed by atoms with E-state index in [1.165, 1.54) is 4.90 Å². The molecule has 2 atom stereocenters. The van der Waals surface area contributed by atoms with Gasteiger partial charge in [0.05, 0.1) is 6.10 Å². The van der Waals surface area contributed by atoms with Gasteiger partial charge in [0.25, 0.3) is 0 Å². The number of ether oxygens (including phenoxy) is 1. The Kier molecular flexibility index (Phi) is 6.07. The molecule has 134 valence electrons. The molecular weight excluding hydrogens is 310 g/mol. The SMILES string of the molecule is CC(C)(C)OC(=O)N1CCC[C@@H](O[Si](C)(C)C(C)(C)C)[C@H]1C=O. The van der Waals surface area contributed by atoms with E-state index in [1.807, 2.05) is 20.8 Å². The predicted molar refractivity (Wildman–Crippen MR) is 94.1 cm³/mol. The van der Waals surface area contributed by atoms with Crippen molar-refractivity contribution < 1.29 is 18.8 Å². The van der Waals surface area contributed by atoms with Crippen LogP contribution in [-0.2, 0) is 14.0 Å². The van der Waals surface area contributed by atoms with Crippen molar-refractivity contribution in [2.24, 2.45) is 0 Å². The fraction of sp³-hybridized carbons (Fsp3) is 0.882. The molecule has 0 saturated carbocycles. The fourth-order valence-corrected chi connectivity index (χ4v) is 3.73. The third-order valence-electron chi connectivity index (χ3n) is 4.65. The van der Waals surface area contributed by atoms with Gasteiger partial charge in [-0.3, -0.25) is 4.90 Å². The smallest absolute Gasteiger partial charge is 0.410 e. The predicted octanol–water partition coefficient (Wildman–Crippen LogP) is 3.98. The Morgan fingerprint density at radius 1 is 1.17 bits per heavy atom. The molecule has 6 heteroatoms. The van der Waals surface area contributed by atoms with Crippen LogP contribution >= 0.6 is 0 Å². The van der Waals surface area contributed by atoms with Gasteiger partial charge in [0, 0.05) is 6.54 Å². The Hall–Kier alpha value is -0.883. The minimum atomic E-state index is -2.00. The first-order chi connectivity index (χ1) is 10.3. The number of piperidine rings is 1. The molecule has 0 unspecified atom stereocenters. The lowest BCUT2D eigenvalue weighted by molar-refractivity contribution is -0.117. The Bertz CT molecular complexity index is 437. The molecule has 1 fully saturated rings. The second-order valence-corrected chi connectivity index (χ2v) is 13.6. The van der Waals surface area contributed by atoms with Crippen molar-refractivity contribution in [3.8, 4) is 0 Å². The van der Waals surface area contributed by atoms with Crippen molar-refractivity contribution in [2.45, 2.75) is 90.3 Å². The van der Waals surface area contributed by atoms with Gasteiger partial charge in [0.2, 0.25) is 0 Å². The van der Waals surface area contributed by atoms with Gasteiger partial charge >= 0.3 is 6.09 Å². The Morgan fingerprint density at radius 2 is 1.74 bits per heavy atom. The minimum Gasteiger partial charge on any atom is -0.444 e. The van der Waals surface area contributed by atoms with E-state index >= 15 is 0 Å². The molecule has 1 amide bonds. The van der Waals surface area contributed by atoms with E-state index in [9.17, 15) is 9.59 Å². The summed E-state index contributed by atoms with van der Waals surface area (Å²) in [6.07, 6.45) is 1.78. The molecular formula is C17H33NO4Si. The summed E-state index contributed by atoms with van der Waals surface area (Å²) in [6, 6.07) is -0.562. The van der Waals surface area contributed by atoms with E-state index in [1.54, 1.807) is 0 Å². The summed E-state index contributed by atoms with van der Waals surface area (Å²) in [5.74, 6) is 0. The summed E-state index contributed by atoms with van der Waals surface area (Å²) in [5.41, 5.74) is -0.572. The molecule has 1 aliphatic heterocycles. The molecule has 1 saturated heterocycles. The first-order valence-electron chi connectivity index (χ1n) is 8.41. The monoisotopic (exact) mass is 343 g/mol. The zero-order valence-corrected chi connectivity index (χ0v) is 16.9. The average molecular weight is 344 g/mol. The van der Waals surface area contributed by atoms with Gasteiger partial charge in [0.1, 0.15) is 17.9 Å². The molecule has 0 N–H and O–H groups in total. The second-order valence-electron chi connectivity index (χ2n) is 8.86. The number of rotatable bonds is 3. The molecule has 23 heavy (non-hydrogen) atoms. The Labute approximate surface area is 141 Å². The third-order valence-corrected chi connectivity index (χ3v) is 9.15. The Morgan fingerprint density at radius 3 is 2.17 bits per heavy atom. The van der Waals surface area contributed by atoms with Crippen molar-refractivity contribution in [1.29, 1.82) is 0 Å². The number of hydrogen-bond acceptors (Lipinski definition) is 4. The maximum atomic E-state index is 12.4. The molecule has 0 spiro atoms. The van der Waals surface area contributed by atoms with Crippen LogP contribution in [0.5, 0.6) is 0 Å². The highest BCUT2D eigenvalue weighted by atomic mass is 28.4. The van der Waals surface area contributed by atoms with E-state index in [0.29, 0.717) is 6.54 Å². The van der Waals surface area contributed by atoms with Crippen LogP contribution in [0.2, 0.25) is 18.1 Å². The van der Waals surface area contributed by atoms with Gasteiger partial charge in [-0.2, -0.15) is 0 Å². The van der Waals surface area contributed by atoms with Crippen LogP contribution in [0.25, 0.3) is 0 Å². The zero-order chi connectivity index (χ0) is 18.1. The average Bonchev–Trinajstić information content (AvgIpc) is 2.34. The van der Waals surface area contributed by atoms with Gasteiger partial charge in [-0.05, 0) is 51.7 Å². The highest BCUT2D eigenvalue weighted by Crippen LogP contribution is 2.39. The minimum absolute atomic E-state index is 0.0641. The molecule has 0 aromatic rings. The quantitative estimate of drug-likeness (QED) is 0.574. The zero-order valence-electron chi connectivity index (χ0n) is 15.9. The normalized spacial score (nSPS) is 23.6. The van der Waals surface area contributed by atoms with Crippen molar-refractivity contribution in [2.75, 3.05) is 6.54 Å². The molecule has 1 aliphatic rings. The summed E-state index contributed by atoms with van der Waals surface area (Å²) < 4.78 is 11.9. The number of amides is 1. The van der Waals surface area contributed by atoms with Gasteiger partial charge in [0.15, 0.2) is 8.32 Å². The van der Waals surface area contributed by atoms with Crippen LogP contribution in [0, 0.1) is 0 Å². The van der Waals surface area contributed by atoms with Gasteiger partial charge in [-0.15, -0.1) is 0 Å². The van der Waals surface area contributed by atoms with E-state index in [2.05, 4.69) is 33.9 Å². The molecule has 0 radical (unpaired) electrons. The molecule has 1 heterocycles. The largest absolute Gasteiger partial charge is 0.444 e. The van der Waals surface area contributed by atoms with Crippen molar-refractivity contribution in [1.82, 2.24) is 4.90 Å². The van der Waals surface area contributed by atoms with Crippen molar-refractivity contribution in [3.63, 3.8) is 0 Å². The lowest BCUT2D eigenvalue weighted by Crippen LogP contribution is -2.57. The van der Waals surface area contributed by atoms with Crippen LogP contribution in [0.4, 0.5) is 4.79 Å². The first kappa shape index (κ1) is 20.2. The highest BCUT2D eigenvalue weighted by molar-refractivity contribution is 6.74. The second kappa shape index (κ2) is 6.93. The maximum absolute atomic E-state index is 12.4. The standard InChI is InChI=1S/C17H33NO4Si/c1-16(2,3)21-15(20)18-11-9-10-14(13(18)12-19)22-23(7,8)17(4,5)6/h12-14H,9-11H2,1-8H3/t13-,14-/m1/s1. The van der Waals surface area contributed by atoms with E-state index < -0.39 is 26.1 Å². The molecule has 0 aromatic carbocycles. The summed E-state index contributed by atoms with van der Waals surface area (Å²) in [7, 11) is -2.00. The van der Waals surface area contributed by atoms with Crippen LogP contribution < -0.4 is 0 Å². The topological polar surface area (TPSA) is 55.8 Å². The maximum Gasteiger partial charge on any atom is 0.410 e. The van der Waals surface area contributed by atoms with Crippen molar-refractivity contribution in [3.05, 3.63) is 0 Å². The lowest BCUT2D eigenvalue weighted by atomic mass is 10.0. The molecule has 1 rings (SSSR count). The van der Waals surface area contributed by atoms with Crippen LogP contribution in [-0.4, -0.2) is 49.9 Å². The summed E-state index contributed by atoms with van der Waals surface area (Å²) in [4.78, 5) is 25.6. The number of hydrogen-bond donors (Lipinski definition) is 0. The summed E-state index contributed by atoms with van der Waals surface area (Å²) >= 11 is 0. The number of carbonyl (C=O) groups excluding carboxylic acids is 2. The summed E-state index contributed by atoms with van der Waals surface area (Å²) in [6.45, 7) is 16.9. The number of aldehydes is 1. The third kappa shape index (κ3) is 5.31.